The Kier molecular flexibility index (Phi) is 8.21. The number of benzene rings is 2. The van der Waals surface area contributed by atoms with Gasteiger partial charge in [-0.2, -0.15) is 0 Å². The zero-order valence-electron chi connectivity index (χ0n) is 12.9. The molecule has 0 atom stereocenters. The Labute approximate surface area is 123 Å². The van der Waals surface area contributed by atoms with Gasteiger partial charge >= 0.3 is 0 Å². The van der Waals surface area contributed by atoms with Crippen LogP contribution in [0.15, 0.2) is 54.6 Å². The highest BCUT2D eigenvalue weighted by atomic mass is 16.5. The van der Waals surface area contributed by atoms with E-state index in [1.165, 1.54) is 11.1 Å². The lowest BCUT2D eigenvalue weighted by Crippen LogP contribution is -1.99. The highest BCUT2D eigenvalue weighted by Gasteiger charge is 1.96. The highest BCUT2D eigenvalue weighted by Crippen LogP contribution is 2.11. The number of hydrogen-bond donors (Lipinski definition) is 0. The van der Waals surface area contributed by atoms with Crippen molar-refractivity contribution in [3.05, 3.63) is 65.7 Å². The summed E-state index contributed by atoms with van der Waals surface area (Å²) in [5.74, 6) is 0.958. The van der Waals surface area contributed by atoms with Crippen molar-refractivity contribution >= 4 is 0 Å². The second-order valence-corrected chi connectivity index (χ2v) is 4.44. The van der Waals surface area contributed by atoms with Crippen molar-refractivity contribution in [1.29, 1.82) is 0 Å². The fourth-order valence-corrected chi connectivity index (χ4v) is 1.99. The fourth-order valence-electron chi connectivity index (χ4n) is 1.99. The Balaban J connectivity index is 0.000000956. The number of para-hydroxylation sites is 1. The third-order valence-electron chi connectivity index (χ3n) is 3.02. The van der Waals surface area contributed by atoms with Gasteiger partial charge in [0.05, 0.1) is 6.61 Å². The van der Waals surface area contributed by atoms with Crippen LogP contribution in [0.5, 0.6) is 5.75 Å². The van der Waals surface area contributed by atoms with E-state index >= 15 is 0 Å². The zero-order chi connectivity index (χ0) is 14.6. The van der Waals surface area contributed by atoms with Gasteiger partial charge in [-0.25, -0.2) is 0 Å². The van der Waals surface area contributed by atoms with Crippen LogP contribution >= 0.6 is 0 Å². The number of hydrogen-bond acceptors (Lipinski definition) is 1. The molecular formula is C19H26O. The molecule has 1 heteroatoms. The number of aryl methyl sites for hydroxylation is 2. The normalized spacial score (nSPS) is 9.55. The maximum atomic E-state index is 5.68. The van der Waals surface area contributed by atoms with Crippen LogP contribution < -0.4 is 4.74 Å². The maximum Gasteiger partial charge on any atom is 0.119 e. The summed E-state index contributed by atoms with van der Waals surface area (Å²) in [7, 11) is 0. The molecule has 0 unspecified atom stereocenters. The van der Waals surface area contributed by atoms with E-state index in [-0.39, 0.29) is 0 Å². The van der Waals surface area contributed by atoms with Crippen molar-refractivity contribution in [2.75, 3.05) is 6.61 Å². The quantitative estimate of drug-likeness (QED) is 0.648. The molecule has 0 spiro atoms. The largest absolute Gasteiger partial charge is 0.494 e. The van der Waals surface area contributed by atoms with Crippen LogP contribution in [0.2, 0.25) is 0 Å². The predicted molar refractivity (Wildman–Crippen MR) is 87.4 cm³/mol. The van der Waals surface area contributed by atoms with Crippen LogP contribution in [0.25, 0.3) is 0 Å². The molecule has 20 heavy (non-hydrogen) atoms. The van der Waals surface area contributed by atoms with Gasteiger partial charge in [0, 0.05) is 0 Å². The molecule has 1 nitrogen and oxygen atoms in total. The van der Waals surface area contributed by atoms with E-state index < -0.39 is 0 Å². The van der Waals surface area contributed by atoms with Crippen LogP contribution in [0.3, 0.4) is 0 Å². The third kappa shape index (κ3) is 5.92. The van der Waals surface area contributed by atoms with Crippen molar-refractivity contribution in [3.8, 4) is 5.75 Å². The molecule has 0 bridgehead atoms. The van der Waals surface area contributed by atoms with Crippen LogP contribution in [-0.2, 0) is 12.8 Å². The van der Waals surface area contributed by atoms with Crippen molar-refractivity contribution in [2.45, 2.75) is 40.0 Å². The average molecular weight is 270 g/mol. The second-order valence-electron chi connectivity index (χ2n) is 4.44. The molecule has 0 fully saturated rings. The van der Waals surface area contributed by atoms with Gasteiger partial charge in [0.2, 0.25) is 0 Å². The topological polar surface area (TPSA) is 9.23 Å². The smallest absolute Gasteiger partial charge is 0.119 e. The summed E-state index contributed by atoms with van der Waals surface area (Å²) in [5, 5.41) is 0. The van der Waals surface area contributed by atoms with E-state index in [1.807, 2.05) is 44.2 Å². The van der Waals surface area contributed by atoms with Gasteiger partial charge in [-0.05, 0) is 42.5 Å². The van der Waals surface area contributed by atoms with Crippen LogP contribution in [0.4, 0.5) is 0 Å². The van der Waals surface area contributed by atoms with Gasteiger partial charge in [-0.15, -0.1) is 0 Å². The van der Waals surface area contributed by atoms with E-state index in [1.54, 1.807) is 0 Å². The molecule has 0 amide bonds. The lowest BCUT2D eigenvalue weighted by atomic mass is 10.1. The van der Waals surface area contributed by atoms with E-state index in [4.69, 9.17) is 4.74 Å². The first-order valence-corrected chi connectivity index (χ1v) is 7.64. The van der Waals surface area contributed by atoms with Gasteiger partial charge in [0.25, 0.3) is 0 Å². The molecule has 0 heterocycles. The summed E-state index contributed by atoms with van der Waals surface area (Å²) >= 11 is 0. The van der Waals surface area contributed by atoms with E-state index in [9.17, 15) is 0 Å². The van der Waals surface area contributed by atoms with Crippen LogP contribution in [-0.4, -0.2) is 6.61 Å². The zero-order valence-corrected chi connectivity index (χ0v) is 12.9. The molecule has 108 valence electrons. The Morgan fingerprint density at radius 3 is 2.25 bits per heavy atom. The molecule has 2 aromatic carbocycles. The minimum Gasteiger partial charge on any atom is -0.494 e. The minimum atomic E-state index is 0.778. The summed E-state index contributed by atoms with van der Waals surface area (Å²) in [6, 6.07) is 18.8. The minimum absolute atomic E-state index is 0.778. The molecular weight excluding hydrogens is 244 g/mol. The molecule has 0 aliphatic carbocycles. The summed E-state index contributed by atoms with van der Waals surface area (Å²) in [6.07, 6.45) is 3.25. The van der Waals surface area contributed by atoms with Gasteiger partial charge in [-0.3, -0.25) is 0 Å². The Bertz CT molecular complexity index is 462. The van der Waals surface area contributed by atoms with E-state index in [0.717, 1.165) is 31.6 Å². The second kappa shape index (κ2) is 10.1. The Morgan fingerprint density at radius 2 is 1.55 bits per heavy atom. The first-order chi connectivity index (χ1) is 9.88. The highest BCUT2D eigenvalue weighted by molar-refractivity contribution is 5.23. The summed E-state index contributed by atoms with van der Waals surface area (Å²) in [6.45, 7) is 6.97. The SMILES string of the molecule is CC.CCc1cccc(CCCOc2ccccc2)c1. The van der Waals surface area contributed by atoms with E-state index in [0.29, 0.717) is 0 Å². The Morgan fingerprint density at radius 1 is 0.850 bits per heavy atom. The van der Waals surface area contributed by atoms with Gasteiger partial charge in [0.1, 0.15) is 5.75 Å². The van der Waals surface area contributed by atoms with Crippen molar-refractivity contribution in [1.82, 2.24) is 0 Å². The monoisotopic (exact) mass is 270 g/mol. The molecule has 0 aromatic heterocycles. The lowest BCUT2D eigenvalue weighted by molar-refractivity contribution is 0.311. The van der Waals surface area contributed by atoms with Gasteiger partial charge in [0.15, 0.2) is 0 Å². The van der Waals surface area contributed by atoms with Gasteiger partial charge in [-0.1, -0.05) is 63.2 Å². The summed E-state index contributed by atoms with van der Waals surface area (Å²) in [4.78, 5) is 0. The molecule has 2 rings (SSSR count). The molecule has 2 aromatic rings. The predicted octanol–water partition coefficient (Wildman–Crippen LogP) is 5.29. The first kappa shape index (κ1) is 16.3. The van der Waals surface area contributed by atoms with Crippen molar-refractivity contribution in [3.63, 3.8) is 0 Å². The summed E-state index contributed by atoms with van der Waals surface area (Å²) in [5.41, 5.74) is 2.82. The molecule has 0 aliphatic rings. The Hall–Kier alpha value is -1.76. The summed E-state index contributed by atoms with van der Waals surface area (Å²) < 4.78 is 5.68. The molecule has 0 aliphatic heterocycles. The van der Waals surface area contributed by atoms with Crippen LogP contribution in [0.1, 0.15) is 38.3 Å². The average Bonchev–Trinajstić information content (AvgIpc) is 2.55. The molecule has 0 radical (unpaired) electrons. The van der Waals surface area contributed by atoms with E-state index in [2.05, 4.69) is 31.2 Å². The van der Waals surface area contributed by atoms with Crippen LogP contribution in [0, 0.1) is 0 Å². The first-order valence-electron chi connectivity index (χ1n) is 7.64. The standard InChI is InChI=1S/C17H20O.C2H6/c1-2-15-8-6-9-16(14-15)10-7-13-18-17-11-4-3-5-12-17;1-2/h3-6,8-9,11-12,14H,2,7,10,13H2,1H3;1-2H3. The maximum absolute atomic E-state index is 5.68. The molecule has 0 N–H and O–H groups in total. The van der Waals surface area contributed by atoms with Gasteiger partial charge < -0.3 is 4.74 Å². The van der Waals surface area contributed by atoms with Crippen molar-refractivity contribution < 1.29 is 4.74 Å². The number of rotatable bonds is 6. The fraction of sp³-hybridized carbons (Fsp3) is 0.368. The molecule has 0 saturated carbocycles. The third-order valence-corrected chi connectivity index (χ3v) is 3.02. The number of ether oxygens (including phenoxy) is 1. The molecule has 0 saturated heterocycles. The lowest BCUT2D eigenvalue weighted by Gasteiger charge is -2.06. The van der Waals surface area contributed by atoms with Crippen molar-refractivity contribution in [2.24, 2.45) is 0 Å².